The summed E-state index contributed by atoms with van der Waals surface area (Å²) in [6, 6.07) is 0.244. The Hall–Kier alpha value is -0.570. The second kappa shape index (κ2) is 7.78. The molecule has 0 aromatic rings. The summed E-state index contributed by atoms with van der Waals surface area (Å²) in [5.74, 6) is 0.736. The number of nitrogens with two attached hydrogens (primary N) is 1. The third-order valence-electron chi connectivity index (χ3n) is 3.08. The van der Waals surface area contributed by atoms with Gasteiger partial charge in [0.1, 0.15) is 0 Å². The molecule has 0 aromatic heterocycles. The third kappa shape index (κ3) is 8.51. The average molecular weight is 256 g/mol. The fourth-order valence-electron chi connectivity index (χ4n) is 2.04. The van der Waals surface area contributed by atoms with Crippen LogP contribution < -0.4 is 11.1 Å². The van der Waals surface area contributed by atoms with E-state index in [1.165, 1.54) is 0 Å². The predicted octanol–water partition coefficient (Wildman–Crippen LogP) is 2.94. The summed E-state index contributed by atoms with van der Waals surface area (Å²) >= 11 is 0. The van der Waals surface area contributed by atoms with Crippen molar-refractivity contribution in [1.82, 2.24) is 5.32 Å². The Morgan fingerprint density at radius 3 is 2.11 bits per heavy atom. The highest BCUT2D eigenvalue weighted by Gasteiger charge is 2.24. The lowest BCUT2D eigenvalue weighted by molar-refractivity contribution is -0.126. The Kier molecular flexibility index (Phi) is 7.53. The van der Waals surface area contributed by atoms with Gasteiger partial charge < -0.3 is 11.1 Å². The summed E-state index contributed by atoms with van der Waals surface area (Å²) < 4.78 is 0. The molecule has 2 atom stereocenters. The van der Waals surface area contributed by atoms with Crippen molar-refractivity contribution in [3.8, 4) is 0 Å². The van der Waals surface area contributed by atoms with E-state index in [-0.39, 0.29) is 23.3 Å². The minimum Gasteiger partial charge on any atom is -0.353 e. The standard InChI is InChI=1S/C15H32N2O/c1-11(2)7-8-12(3)17-14(18)13(10-16)9-15(4,5)6/h11-13H,7-10,16H2,1-6H3,(H,17,18). The van der Waals surface area contributed by atoms with Crippen molar-refractivity contribution in [2.24, 2.45) is 23.0 Å². The maximum atomic E-state index is 12.1. The number of amides is 1. The van der Waals surface area contributed by atoms with Crippen LogP contribution in [0.4, 0.5) is 0 Å². The number of rotatable bonds is 7. The van der Waals surface area contributed by atoms with E-state index in [0.29, 0.717) is 12.5 Å². The van der Waals surface area contributed by atoms with Crippen LogP contribution in [-0.2, 0) is 4.79 Å². The minimum absolute atomic E-state index is 0.0634. The van der Waals surface area contributed by atoms with E-state index >= 15 is 0 Å². The minimum atomic E-state index is -0.0634. The average Bonchev–Trinajstić information content (AvgIpc) is 2.21. The van der Waals surface area contributed by atoms with Crippen molar-refractivity contribution in [2.75, 3.05) is 6.54 Å². The summed E-state index contributed by atoms with van der Waals surface area (Å²) in [4.78, 5) is 12.1. The Morgan fingerprint density at radius 2 is 1.72 bits per heavy atom. The van der Waals surface area contributed by atoms with Crippen LogP contribution in [0.1, 0.15) is 60.8 Å². The van der Waals surface area contributed by atoms with Crippen LogP contribution in [-0.4, -0.2) is 18.5 Å². The molecule has 0 saturated heterocycles. The second-order valence-corrected chi connectivity index (χ2v) is 7.08. The summed E-state index contributed by atoms with van der Waals surface area (Å²) in [5.41, 5.74) is 5.86. The Labute approximate surface area is 113 Å². The van der Waals surface area contributed by atoms with E-state index < -0.39 is 0 Å². The summed E-state index contributed by atoms with van der Waals surface area (Å²) in [5, 5.41) is 3.09. The van der Waals surface area contributed by atoms with Crippen LogP contribution >= 0.6 is 0 Å². The van der Waals surface area contributed by atoms with Gasteiger partial charge in [-0.1, -0.05) is 34.6 Å². The summed E-state index contributed by atoms with van der Waals surface area (Å²) in [6.45, 7) is 13.3. The monoisotopic (exact) mass is 256 g/mol. The predicted molar refractivity (Wildman–Crippen MR) is 78.3 cm³/mol. The first kappa shape index (κ1) is 17.4. The molecule has 0 radical (unpaired) electrons. The fourth-order valence-corrected chi connectivity index (χ4v) is 2.04. The zero-order chi connectivity index (χ0) is 14.3. The molecule has 3 nitrogen and oxygen atoms in total. The molecule has 0 aliphatic rings. The lowest BCUT2D eigenvalue weighted by Crippen LogP contribution is -2.41. The molecule has 0 fully saturated rings. The van der Waals surface area contributed by atoms with E-state index in [2.05, 4.69) is 46.9 Å². The molecule has 0 spiro atoms. The molecule has 2 unspecified atom stereocenters. The largest absolute Gasteiger partial charge is 0.353 e. The van der Waals surface area contributed by atoms with E-state index in [1.807, 2.05) is 0 Å². The van der Waals surface area contributed by atoms with Crippen molar-refractivity contribution in [3.05, 3.63) is 0 Å². The van der Waals surface area contributed by atoms with E-state index in [4.69, 9.17) is 5.73 Å². The topological polar surface area (TPSA) is 55.1 Å². The molecule has 0 rings (SSSR count). The molecule has 108 valence electrons. The van der Waals surface area contributed by atoms with Crippen LogP contribution in [0.2, 0.25) is 0 Å². The SMILES string of the molecule is CC(C)CCC(C)NC(=O)C(CN)CC(C)(C)C. The second-order valence-electron chi connectivity index (χ2n) is 7.08. The van der Waals surface area contributed by atoms with Crippen LogP contribution in [0.25, 0.3) is 0 Å². The fraction of sp³-hybridized carbons (Fsp3) is 0.933. The maximum absolute atomic E-state index is 12.1. The molecular weight excluding hydrogens is 224 g/mol. The van der Waals surface area contributed by atoms with Crippen LogP contribution in [0.15, 0.2) is 0 Å². The Bertz CT molecular complexity index is 243. The van der Waals surface area contributed by atoms with Gasteiger partial charge in [0.2, 0.25) is 5.91 Å². The Morgan fingerprint density at radius 1 is 1.17 bits per heavy atom. The van der Waals surface area contributed by atoms with Crippen molar-refractivity contribution in [3.63, 3.8) is 0 Å². The van der Waals surface area contributed by atoms with Gasteiger partial charge in [0, 0.05) is 12.6 Å². The molecule has 0 heterocycles. The lowest BCUT2D eigenvalue weighted by Gasteiger charge is -2.26. The highest BCUT2D eigenvalue weighted by molar-refractivity contribution is 5.79. The Balaban J connectivity index is 4.19. The highest BCUT2D eigenvalue weighted by Crippen LogP contribution is 2.24. The number of nitrogens with one attached hydrogen (secondary N) is 1. The van der Waals surface area contributed by atoms with Crippen LogP contribution in [0.5, 0.6) is 0 Å². The van der Waals surface area contributed by atoms with Crippen molar-refractivity contribution >= 4 is 5.91 Å². The number of carbonyl (C=O) groups excluding carboxylic acids is 1. The van der Waals surface area contributed by atoms with Crippen LogP contribution in [0, 0.1) is 17.3 Å². The van der Waals surface area contributed by atoms with Gasteiger partial charge in [-0.05, 0) is 37.5 Å². The molecule has 0 aliphatic carbocycles. The van der Waals surface area contributed by atoms with Gasteiger partial charge >= 0.3 is 0 Å². The van der Waals surface area contributed by atoms with Crippen LogP contribution in [0.3, 0.4) is 0 Å². The van der Waals surface area contributed by atoms with Gasteiger partial charge in [-0.3, -0.25) is 4.79 Å². The first-order valence-electron chi connectivity index (χ1n) is 7.16. The number of carbonyl (C=O) groups is 1. The third-order valence-corrected chi connectivity index (χ3v) is 3.08. The number of hydrogen-bond acceptors (Lipinski definition) is 2. The smallest absolute Gasteiger partial charge is 0.224 e. The molecular formula is C15H32N2O. The maximum Gasteiger partial charge on any atom is 0.224 e. The summed E-state index contributed by atoms with van der Waals surface area (Å²) in [7, 11) is 0. The molecule has 18 heavy (non-hydrogen) atoms. The lowest BCUT2D eigenvalue weighted by atomic mass is 9.84. The van der Waals surface area contributed by atoms with Gasteiger partial charge in [0.15, 0.2) is 0 Å². The molecule has 0 aromatic carbocycles. The first-order chi connectivity index (χ1) is 8.15. The van der Waals surface area contributed by atoms with Gasteiger partial charge in [-0.2, -0.15) is 0 Å². The molecule has 0 bridgehead atoms. The zero-order valence-electron chi connectivity index (χ0n) is 13.0. The van der Waals surface area contributed by atoms with Crippen molar-refractivity contribution in [2.45, 2.75) is 66.8 Å². The van der Waals surface area contributed by atoms with Crippen molar-refractivity contribution < 1.29 is 4.79 Å². The van der Waals surface area contributed by atoms with E-state index in [0.717, 1.165) is 19.3 Å². The quantitative estimate of drug-likeness (QED) is 0.736. The molecule has 1 amide bonds. The van der Waals surface area contributed by atoms with E-state index in [1.54, 1.807) is 0 Å². The van der Waals surface area contributed by atoms with Gasteiger partial charge in [0.25, 0.3) is 0 Å². The summed E-state index contributed by atoms with van der Waals surface area (Å²) in [6.07, 6.45) is 3.02. The number of hydrogen-bond donors (Lipinski definition) is 2. The van der Waals surface area contributed by atoms with Gasteiger partial charge in [-0.15, -0.1) is 0 Å². The molecule has 3 N–H and O–H groups in total. The van der Waals surface area contributed by atoms with Gasteiger partial charge in [0.05, 0.1) is 5.92 Å². The zero-order valence-corrected chi connectivity index (χ0v) is 13.0. The molecule has 0 aliphatic heterocycles. The van der Waals surface area contributed by atoms with E-state index in [9.17, 15) is 4.79 Å². The first-order valence-corrected chi connectivity index (χ1v) is 7.16. The molecule has 3 heteroatoms. The van der Waals surface area contributed by atoms with Gasteiger partial charge in [-0.25, -0.2) is 0 Å². The normalized spacial score (nSPS) is 15.6. The van der Waals surface area contributed by atoms with Crippen molar-refractivity contribution in [1.29, 1.82) is 0 Å². The highest BCUT2D eigenvalue weighted by atomic mass is 16.1. The molecule has 0 saturated carbocycles.